The second-order valence-corrected chi connectivity index (χ2v) is 14.9. The van der Waals surface area contributed by atoms with Crippen molar-refractivity contribution in [3.8, 4) is 16.8 Å². The molecule has 1 aliphatic carbocycles. The maximum atomic E-state index is 14.9. The topological polar surface area (TPSA) is 143 Å². The van der Waals surface area contributed by atoms with Gasteiger partial charge in [-0.3, -0.25) is 15.1 Å². The van der Waals surface area contributed by atoms with Crippen LogP contribution in [0, 0.1) is 10.8 Å². The van der Waals surface area contributed by atoms with Crippen LogP contribution in [0.3, 0.4) is 0 Å². The van der Waals surface area contributed by atoms with Crippen molar-refractivity contribution in [1.29, 1.82) is 5.41 Å². The van der Waals surface area contributed by atoms with Crippen LogP contribution in [-0.2, 0) is 15.1 Å². The first-order valence-corrected chi connectivity index (χ1v) is 17.1. The number of rotatable bonds is 13. The van der Waals surface area contributed by atoms with E-state index < -0.39 is 72.8 Å². The number of ether oxygens (including phenoxy) is 1. The van der Waals surface area contributed by atoms with E-state index in [1.165, 1.54) is 30.6 Å². The van der Waals surface area contributed by atoms with Gasteiger partial charge in [0, 0.05) is 23.7 Å². The molecule has 0 unspecified atom stereocenters. The maximum Gasteiger partial charge on any atom is 0.407 e. The molecular formula is C35H36ClF6N9O3. The fourth-order valence-electron chi connectivity index (χ4n) is 6.71. The highest BCUT2D eigenvalue weighted by Gasteiger charge is 2.55. The predicted octanol–water partition coefficient (Wildman–Crippen LogP) is 7.77. The smallest absolute Gasteiger partial charge is 0.407 e. The van der Waals surface area contributed by atoms with Crippen molar-refractivity contribution in [2.75, 3.05) is 6.61 Å². The molecule has 2 amide bonds. The van der Waals surface area contributed by atoms with Crippen LogP contribution in [0.1, 0.15) is 82.4 Å². The molecule has 0 spiro atoms. The summed E-state index contributed by atoms with van der Waals surface area (Å²) < 4.78 is 87.4. The number of guanidine groups is 1. The van der Waals surface area contributed by atoms with Crippen molar-refractivity contribution < 1.29 is 40.7 Å². The lowest BCUT2D eigenvalue weighted by Crippen LogP contribution is -2.47. The average Bonchev–Trinajstić information content (AvgIpc) is 3.43. The van der Waals surface area contributed by atoms with Crippen LogP contribution in [0.15, 0.2) is 61.2 Å². The zero-order valence-electron chi connectivity index (χ0n) is 29.2. The number of alkyl halides is 6. The lowest BCUT2D eigenvalue weighted by molar-refractivity contribution is -0.134. The third kappa shape index (κ3) is 7.88. The molecule has 54 heavy (non-hydrogen) atoms. The van der Waals surface area contributed by atoms with Gasteiger partial charge in [0.2, 0.25) is 6.43 Å². The molecule has 1 aliphatic heterocycles. The number of hydrogen-bond donors (Lipinski definition) is 3. The van der Waals surface area contributed by atoms with Crippen LogP contribution in [0.5, 0.6) is 0 Å². The largest absolute Gasteiger partial charge is 0.447 e. The Morgan fingerprint density at radius 3 is 2.35 bits per heavy atom. The van der Waals surface area contributed by atoms with Crippen LogP contribution in [-0.4, -0.2) is 66.0 Å². The Morgan fingerprint density at radius 1 is 1.06 bits per heavy atom. The van der Waals surface area contributed by atoms with E-state index in [0.717, 1.165) is 15.9 Å². The molecule has 19 heteroatoms. The molecule has 1 saturated heterocycles. The molecule has 2 fully saturated rings. The second-order valence-electron chi connectivity index (χ2n) is 14.5. The van der Waals surface area contributed by atoms with Crippen molar-refractivity contribution in [3.63, 3.8) is 0 Å². The van der Waals surface area contributed by atoms with Gasteiger partial charge in [-0.2, -0.15) is 19.0 Å². The maximum absolute atomic E-state index is 14.9. The first-order chi connectivity index (χ1) is 25.4. The number of amides is 2. The van der Waals surface area contributed by atoms with Crippen molar-refractivity contribution in [3.05, 3.63) is 83.2 Å². The summed E-state index contributed by atoms with van der Waals surface area (Å²) in [5, 5.41) is 22.2. The highest BCUT2D eigenvalue weighted by molar-refractivity contribution is 6.32. The van der Waals surface area contributed by atoms with Gasteiger partial charge >= 0.3 is 12.6 Å². The Morgan fingerprint density at radius 2 is 1.76 bits per heavy atom. The molecule has 288 valence electrons. The van der Waals surface area contributed by atoms with E-state index in [4.69, 9.17) is 21.7 Å². The van der Waals surface area contributed by atoms with Gasteiger partial charge in [0.05, 0.1) is 22.9 Å². The molecule has 12 nitrogen and oxygen atoms in total. The Labute approximate surface area is 310 Å². The fourth-order valence-corrected chi connectivity index (χ4v) is 6.91. The number of aromatic nitrogens is 5. The van der Waals surface area contributed by atoms with E-state index in [2.05, 4.69) is 25.8 Å². The Bertz CT molecular complexity index is 2030. The lowest BCUT2D eigenvalue weighted by Gasteiger charge is -2.35. The molecule has 2 atom stereocenters. The minimum absolute atomic E-state index is 0.00607. The highest BCUT2D eigenvalue weighted by atomic mass is 35.5. The van der Waals surface area contributed by atoms with E-state index in [1.54, 1.807) is 24.3 Å². The normalized spacial score (nSPS) is 18.8. The van der Waals surface area contributed by atoms with Crippen molar-refractivity contribution in [2.24, 2.45) is 5.41 Å². The first-order valence-electron chi connectivity index (χ1n) is 16.8. The fraction of sp³-hybridized carbons (Fsp3) is 0.429. The Balaban J connectivity index is 1.39. The van der Waals surface area contributed by atoms with Gasteiger partial charge in [-0.05, 0) is 53.5 Å². The molecule has 2 aromatic carbocycles. The number of carbonyl (C=O) groups is 2. The molecule has 6 rings (SSSR count). The van der Waals surface area contributed by atoms with Crippen LogP contribution in [0.25, 0.3) is 16.8 Å². The summed E-state index contributed by atoms with van der Waals surface area (Å²) in [6, 6.07) is 9.46. The summed E-state index contributed by atoms with van der Waals surface area (Å²) in [5.74, 6) is -1.73. The van der Waals surface area contributed by atoms with E-state index in [9.17, 15) is 35.9 Å². The number of benzene rings is 2. The standard InChI is InChI=1S/C35H36ClF6N9O3/c1-33(2,3)17-35(22-7-4-19(5-8-22)21-14-45-49(15-21)30(41)42)29(52)50(31(43)47-35)25(16-54-32(53)48-34(10-11-34)13-26(37)38)20-6-9-23(36)24(12-20)51-28(27(39)40)44-18-46-51/h4-9,12,14-15,18,25-27,30H,10-11,13,16-17H2,1-3H3,(H2,43,47)(H,48,53)/t25-,35-/m1/s1. The van der Waals surface area contributed by atoms with Crippen molar-refractivity contribution >= 4 is 29.6 Å². The molecular weight excluding hydrogens is 744 g/mol. The molecule has 4 aromatic rings. The monoisotopic (exact) mass is 779 g/mol. The average molecular weight is 780 g/mol. The number of nitrogens with zero attached hydrogens (tertiary/aromatic N) is 6. The third-order valence-electron chi connectivity index (χ3n) is 9.27. The molecule has 2 aromatic heterocycles. The summed E-state index contributed by atoms with van der Waals surface area (Å²) in [5.41, 5.74) is -1.69. The summed E-state index contributed by atoms with van der Waals surface area (Å²) in [7, 11) is 0. The number of nitrogens with one attached hydrogen (secondary N) is 3. The Kier molecular flexibility index (Phi) is 10.4. The van der Waals surface area contributed by atoms with Crippen LogP contribution >= 0.6 is 11.6 Å². The van der Waals surface area contributed by atoms with Gasteiger partial charge in [0.25, 0.3) is 12.3 Å². The highest BCUT2D eigenvalue weighted by Crippen LogP contribution is 2.44. The lowest BCUT2D eigenvalue weighted by atomic mass is 9.75. The summed E-state index contributed by atoms with van der Waals surface area (Å²) in [4.78, 5) is 32.6. The zero-order chi connectivity index (χ0) is 39.2. The van der Waals surface area contributed by atoms with Gasteiger partial charge in [-0.15, -0.1) is 0 Å². The van der Waals surface area contributed by atoms with Gasteiger partial charge in [0.1, 0.15) is 18.5 Å². The van der Waals surface area contributed by atoms with Crippen LogP contribution < -0.4 is 10.6 Å². The van der Waals surface area contributed by atoms with Gasteiger partial charge in [0.15, 0.2) is 11.8 Å². The third-order valence-corrected chi connectivity index (χ3v) is 9.59. The number of carbonyl (C=O) groups excluding carboxylic acids is 2. The zero-order valence-corrected chi connectivity index (χ0v) is 29.9. The van der Waals surface area contributed by atoms with E-state index in [1.807, 2.05) is 20.8 Å². The number of hydrogen-bond acceptors (Lipinski definition) is 7. The molecule has 2 aliphatic rings. The van der Waals surface area contributed by atoms with Crippen LogP contribution in [0.2, 0.25) is 5.02 Å². The summed E-state index contributed by atoms with van der Waals surface area (Å²) in [6.07, 6.45) is -3.12. The molecule has 3 heterocycles. The minimum atomic E-state index is -3.03. The summed E-state index contributed by atoms with van der Waals surface area (Å²) >= 11 is 6.44. The Hall–Kier alpha value is -5.13. The van der Waals surface area contributed by atoms with E-state index in [0.29, 0.717) is 34.2 Å². The molecule has 0 radical (unpaired) electrons. The first kappa shape index (κ1) is 38.6. The quantitative estimate of drug-likeness (QED) is 0.118. The minimum Gasteiger partial charge on any atom is -0.447 e. The van der Waals surface area contributed by atoms with Gasteiger partial charge in [-0.25, -0.2) is 36.7 Å². The molecule has 0 bridgehead atoms. The second kappa shape index (κ2) is 14.6. The van der Waals surface area contributed by atoms with Crippen LogP contribution in [0.4, 0.5) is 31.1 Å². The number of halogens is 7. The van der Waals surface area contributed by atoms with Crippen molar-refractivity contribution in [1.82, 2.24) is 40.1 Å². The summed E-state index contributed by atoms with van der Waals surface area (Å²) in [6.45, 7) is 2.26. The predicted molar refractivity (Wildman–Crippen MR) is 184 cm³/mol. The van der Waals surface area contributed by atoms with Gasteiger partial charge < -0.3 is 15.4 Å². The molecule has 1 saturated carbocycles. The SMILES string of the molecule is CC(C)(C)C[C@]1(c2ccc(-c3cnn(C(F)F)c3)cc2)NC(=N)N([C@H](COC(=O)NC2(CC(F)F)CC2)c2ccc(Cl)c(-n3ncnc3C(F)F)c2)C1=O. The number of alkyl carbamates (subject to hydrolysis) is 1. The van der Waals surface area contributed by atoms with Gasteiger partial charge in [-0.1, -0.05) is 62.7 Å². The van der Waals surface area contributed by atoms with E-state index in [-0.39, 0.29) is 28.7 Å². The van der Waals surface area contributed by atoms with Crippen molar-refractivity contribution in [2.45, 2.75) is 83.0 Å². The molecule has 3 N–H and O–H groups in total. The van der Waals surface area contributed by atoms with E-state index >= 15 is 0 Å².